The number of aliphatic hydroxyl groups excluding tert-OH is 7. The molecule has 0 radical (unpaired) electrons. The lowest BCUT2D eigenvalue weighted by atomic mass is 9.89. The van der Waals surface area contributed by atoms with Gasteiger partial charge in [0, 0.05) is 55.3 Å². The summed E-state index contributed by atoms with van der Waals surface area (Å²) in [6.45, 7) is 1.40. The van der Waals surface area contributed by atoms with Crippen LogP contribution < -0.4 is 66.2 Å². The summed E-state index contributed by atoms with van der Waals surface area (Å²) in [4.78, 5) is 153. The van der Waals surface area contributed by atoms with Crippen molar-refractivity contribution in [3.8, 4) is 80.1 Å². The number of nitroso groups, excluding NO2 is 1. The molecular weight excluding hydrogens is 1730 g/mol. The van der Waals surface area contributed by atoms with Crippen LogP contribution in [0.15, 0.2) is 121 Å². The van der Waals surface area contributed by atoms with Gasteiger partial charge in [0.2, 0.25) is 65.6 Å². The predicted molar refractivity (Wildman–Crippen MR) is 452 cm³/mol. The maximum Gasteiger partial charge on any atom is 0.335 e. The minimum Gasteiger partial charge on any atom is -0.508 e. The number of ether oxygens (including phenoxy) is 7. The Morgan fingerprint density at radius 3 is 1.89 bits per heavy atom. The number of aromatic hydroxyl groups is 4. The van der Waals surface area contributed by atoms with Crippen molar-refractivity contribution < 1.29 is 138 Å². The van der Waals surface area contributed by atoms with Gasteiger partial charge in [0.15, 0.2) is 35.1 Å². The van der Waals surface area contributed by atoms with Gasteiger partial charge in [-0.05, 0) is 140 Å². The highest BCUT2D eigenvalue weighted by molar-refractivity contribution is 6.33. The summed E-state index contributed by atoms with van der Waals surface area (Å²) in [5, 5.41) is 162. The minimum absolute atomic E-state index is 0.0529. The number of nitrogens with one attached hydrogen (secondary N) is 8. The van der Waals surface area contributed by atoms with Crippen molar-refractivity contribution in [3.63, 3.8) is 0 Å². The van der Waals surface area contributed by atoms with Gasteiger partial charge >= 0.3 is 5.97 Å². The van der Waals surface area contributed by atoms with Crippen molar-refractivity contribution >= 4 is 76.4 Å². The van der Waals surface area contributed by atoms with Crippen LogP contribution in [-0.4, -0.2) is 239 Å². The molecule has 688 valence electrons. The molecule has 0 aliphatic carbocycles. The number of aliphatic carboxylic acids is 1. The Hall–Kier alpha value is -12.5. The number of hydrogen-bond acceptors (Lipinski definition) is 30. The largest absolute Gasteiger partial charge is 0.508 e. The summed E-state index contributed by atoms with van der Waals surface area (Å²) >= 11 is 14.3. The number of unbranched alkanes of at least 4 members (excludes halogenated alkanes) is 7. The molecule has 0 unspecified atom stereocenters. The fourth-order valence-corrected chi connectivity index (χ4v) is 16.4. The zero-order valence-electron chi connectivity index (χ0n) is 69.7. The van der Waals surface area contributed by atoms with E-state index in [0.717, 1.165) is 131 Å². The van der Waals surface area contributed by atoms with Crippen molar-refractivity contribution in [2.24, 2.45) is 5.29 Å². The fraction of sp³-hybridized carbons (Fsp3) is 0.414. The van der Waals surface area contributed by atoms with Gasteiger partial charge in [0.25, 0.3) is 0 Å². The van der Waals surface area contributed by atoms with Gasteiger partial charge in [-0.1, -0.05) is 105 Å². The number of aliphatic hydroxyl groups is 7. The van der Waals surface area contributed by atoms with E-state index in [4.69, 9.17) is 56.4 Å². The number of nitrogens with zero attached hydrogens (tertiary/aromatic N) is 3. The molecule has 7 aromatic rings. The minimum atomic E-state index is -2.49. The molecule has 8 aliphatic rings. The van der Waals surface area contributed by atoms with E-state index >= 15 is 28.8 Å². The molecule has 129 heavy (non-hydrogen) atoms. The summed E-state index contributed by atoms with van der Waals surface area (Å²) in [6.07, 6.45) is -15.1. The second-order valence-electron chi connectivity index (χ2n) is 32.2. The van der Waals surface area contributed by atoms with Crippen LogP contribution in [0.5, 0.6) is 69.0 Å². The van der Waals surface area contributed by atoms with E-state index in [1.54, 1.807) is 19.0 Å². The first kappa shape index (κ1) is 94.2. The number of carboxylic acids is 1. The molecule has 18 atom stereocenters. The molecule has 2 fully saturated rings. The van der Waals surface area contributed by atoms with Crippen LogP contribution in [0.25, 0.3) is 11.1 Å². The number of likely N-dealkylation sites (N-methyl/N-ethyl adjacent to an activating group) is 1. The number of rotatable bonds is 23. The van der Waals surface area contributed by atoms with Gasteiger partial charge < -0.3 is 142 Å². The third kappa shape index (κ3) is 21.1. The highest BCUT2D eigenvalue weighted by atomic mass is 35.5. The van der Waals surface area contributed by atoms with E-state index in [0.29, 0.717) is 24.4 Å². The summed E-state index contributed by atoms with van der Waals surface area (Å²) in [7, 11) is 4.64. The Morgan fingerprint density at radius 1 is 0.558 bits per heavy atom. The maximum atomic E-state index is 16.8. The highest BCUT2D eigenvalue weighted by Crippen LogP contribution is 2.51. The molecule has 0 spiro atoms. The number of amides is 8. The number of carbonyl (C=O) groups excluding carboxylic acids is 8. The lowest BCUT2D eigenvalue weighted by Gasteiger charge is -2.41. The standard InChI is InChI=1S/C87H97Cl2N11O29/c1-5-6-7-8-9-10-11-12-14-60(106)92-68-72(109)74(111)77(85(120)121)129-86(68)128-76-57-31-42-32-58(76)125-54-24-19-41(29-49(54)88)70(107)67-83(118)96-65(79(114)90-25-13-26-99(2)3)47-33-43(102)34-56(126-87-75(112)73(110)71(108)59(37-101)127-87)61(47)46-28-39(17-22-51(46)103)63(80(115)97-67)93-81(116)64(42)94-82(117)66-48-35-45(36-53(105)62(48)89)124-55-30-40(18-23-52(55)104)69(100(4)98-122)84(119)91-50(78(113)95-66)27-38-15-20-44(123-57)21-16-38/h15-24,28-36,50,59,63-75,77,86-87,101-105,107-112H,5-14,25-27,37H2,1-4H3,(H,90,114)(H,91,119)(H,92,106)(H,93,116)(H,94,117)(H,95,113)(H,96,118)(H,97,115)(H,120,121)/t50-,59-,63+,64-,65+,66-,67+,68-,69-,70-,71+,72-,73+,74+,75+,77-,86-,87-/m1/s1. The van der Waals surface area contributed by atoms with Crippen LogP contribution in [0.2, 0.25) is 10.0 Å². The molecule has 8 heterocycles. The average molecular weight is 1830 g/mol. The van der Waals surface area contributed by atoms with Gasteiger partial charge in [-0.3, -0.25) is 38.4 Å². The van der Waals surface area contributed by atoms with Gasteiger partial charge in [0.1, 0.15) is 125 Å². The average Bonchev–Trinajstić information content (AvgIpc) is 0.741. The molecule has 8 amide bonds. The predicted octanol–water partition coefficient (Wildman–Crippen LogP) is 4.32. The lowest BCUT2D eigenvalue weighted by Crippen LogP contribution is -2.66. The van der Waals surface area contributed by atoms with Crippen LogP contribution >= 0.6 is 23.2 Å². The van der Waals surface area contributed by atoms with Crippen LogP contribution in [0.4, 0.5) is 0 Å². The molecule has 2 saturated heterocycles. The Balaban J connectivity index is 1.05. The monoisotopic (exact) mass is 1830 g/mol. The van der Waals surface area contributed by atoms with Crippen LogP contribution in [-0.2, 0) is 59.0 Å². The Kier molecular flexibility index (Phi) is 29.9. The Labute approximate surface area is 745 Å². The smallest absolute Gasteiger partial charge is 0.335 e. The van der Waals surface area contributed by atoms with E-state index in [1.165, 1.54) is 30.3 Å². The number of phenols is 4. The van der Waals surface area contributed by atoms with E-state index < -0.39 is 283 Å². The normalized spacial score (nSPS) is 25.6. The molecule has 7 aromatic carbocycles. The molecule has 15 rings (SSSR count). The van der Waals surface area contributed by atoms with Crippen LogP contribution in [0.3, 0.4) is 0 Å². The first-order chi connectivity index (χ1) is 61.6. The van der Waals surface area contributed by atoms with Crippen LogP contribution in [0.1, 0.15) is 146 Å². The number of carboxylic acid groups (broad SMARTS) is 1. The van der Waals surface area contributed by atoms with Gasteiger partial charge in [-0.25, -0.2) is 9.80 Å². The number of halogens is 2. The second kappa shape index (κ2) is 40.9. The lowest BCUT2D eigenvalue weighted by molar-refractivity contribution is -0.277. The number of benzene rings is 7. The number of carbonyl (C=O) groups is 9. The van der Waals surface area contributed by atoms with Crippen LogP contribution in [0, 0.1) is 4.91 Å². The number of phenolic OH excluding ortho intramolecular Hbond substituents is 4. The van der Waals surface area contributed by atoms with Crippen molar-refractivity contribution in [2.45, 2.75) is 187 Å². The van der Waals surface area contributed by atoms with Crippen molar-refractivity contribution in [3.05, 3.63) is 169 Å². The quantitative estimate of drug-likeness (QED) is 0.0241. The number of hydrogen-bond donors (Lipinski definition) is 20. The molecule has 40 nitrogen and oxygen atoms in total. The summed E-state index contributed by atoms with van der Waals surface area (Å²) in [5.74, 6) is -19.0. The summed E-state index contributed by atoms with van der Waals surface area (Å²) in [6, 6.07) is 4.06. The van der Waals surface area contributed by atoms with Gasteiger partial charge in [0.05, 0.1) is 21.9 Å². The van der Waals surface area contributed by atoms with Crippen molar-refractivity contribution in [2.75, 3.05) is 40.8 Å². The Bertz CT molecular complexity index is 5400. The molecule has 0 saturated carbocycles. The van der Waals surface area contributed by atoms with E-state index in [9.17, 15) is 80.6 Å². The van der Waals surface area contributed by atoms with Crippen molar-refractivity contribution in [1.29, 1.82) is 0 Å². The highest BCUT2D eigenvalue weighted by Gasteiger charge is 2.52. The molecule has 42 heteroatoms. The zero-order valence-corrected chi connectivity index (χ0v) is 71.2. The molecule has 8 aliphatic heterocycles. The first-order valence-corrected chi connectivity index (χ1v) is 42.2. The number of fused-ring (bicyclic) bond motifs is 14. The SMILES string of the molecule is CCCCCCCCCCC(=O)N[C@H]1[C@H](Oc2c3cc4cc2Oc2ccc(cc2Cl)[C@@H](O)[C@@H]2NC(=O)[C@@H](NC(=O)[C@@H]4NC(=O)[C@@H]4NC(=O)[C@@H](Cc5ccc(cc5)O3)NC(=O)[C@H](N(C)N=O)c3ccc(O)c(c3)Oc3cc(O)c(Cl)c4c3)c3ccc(O)c(c3)-c3c(O[C@@H]4O[C@H](CO)[C@H](O)[C@H](O)[C@@H]4O)cc(O)cc3[C@@H](C(=O)NCCCN(C)C)NC2=O)O[C@@H](C(=O)O)[C@@H](O)[C@@H]1O. The first-order valence-electron chi connectivity index (χ1n) is 41.4. The van der Waals surface area contributed by atoms with Gasteiger partial charge in [-0.15, -0.1) is 4.91 Å². The fourth-order valence-electron chi connectivity index (χ4n) is 15.9. The molecule has 17 bridgehead atoms. The van der Waals surface area contributed by atoms with Gasteiger partial charge in [-0.2, -0.15) is 0 Å². The molecular formula is C87H97Cl2N11O29. The van der Waals surface area contributed by atoms with Crippen molar-refractivity contribution in [1.82, 2.24) is 52.4 Å². The summed E-state index contributed by atoms with van der Waals surface area (Å²) < 4.78 is 44.4. The maximum absolute atomic E-state index is 16.8. The van der Waals surface area contributed by atoms with E-state index in [2.05, 4.69) is 54.7 Å². The third-order valence-electron chi connectivity index (χ3n) is 22.7. The zero-order chi connectivity index (χ0) is 92.7. The molecule has 0 aromatic heterocycles. The second-order valence-corrected chi connectivity index (χ2v) is 33.0. The topological polar surface area (TPSA) is 593 Å². The molecule has 20 N–H and O–H groups in total. The Morgan fingerprint density at radius 2 is 1.20 bits per heavy atom. The third-order valence-corrected chi connectivity index (χ3v) is 23.4. The van der Waals surface area contributed by atoms with E-state index in [-0.39, 0.29) is 41.8 Å². The summed E-state index contributed by atoms with van der Waals surface area (Å²) in [5.41, 5.74) is -3.16. The van der Waals surface area contributed by atoms with E-state index in [1.807, 2.05) is 0 Å².